The van der Waals surface area contributed by atoms with Crippen LogP contribution in [0.15, 0.2) is 140 Å². The van der Waals surface area contributed by atoms with Crippen molar-refractivity contribution in [2.24, 2.45) is 0 Å². The topological polar surface area (TPSA) is 75.0 Å². The number of aromatic nitrogens is 5. The van der Waals surface area contributed by atoms with Crippen molar-refractivity contribution in [1.82, 2.24) is 24.5 Å². The van der Waals surface area contributed by atoms with Gasteiger partial charge in [0.15, 0.2) is 0 Å². The first kappa shape index (κ1) is 24.9. The molecule has 0 N–H and O–H groups in total. The molecule has 0 aliphatic rings. The van der Waals surface area contributed by atoms with E-state index in [1.165, 1.54) is 6.07 Å². The number of nitrogens with zero attached hydrogens (tertiary/aromatic N) is 5. The van der Waals surface area contributed by atoms with Crippen LogP contribution in [-0.2, 0) is 0 Å². The fourth-order valence-corrected chi connectivity index (χ4v) is 5.75. The van der Waals surface area contributed by atoms with Gasteiger partial charge in [0.1, 0.15) is 23.0 Å². The first-order valence-electron chi connectivity index (χ1n) is 16.6. The average molecular weight is 615 g/mol. The van der Waals surface area contributed by atoms with Gasteiger partial charge < -0.3 is 9.47 Å². The number of hydrogen-bond donors (Lipinski definition) is 0. The highest BCUT2D eigenvalue weighted by atomic mass is 16.5. The van der Waals surface area contributed by atoms with E-state index in [1.54, 1.807) is 19.3 Å². The number of pyridine rings is 2. The Morgan fingerprint density at radius 3 is 1.57 bits per heavy atom. The molecule has 4 aromatic heterocycles. The van der Waals surface area contributed by atoms with Gasteiger partial charge in [-0.2, -0.15) is 0 Å². The molecule has 0 bridgehead atoms. The molecule has 0 fully saturated rings. The van der Waals surface area contributed by atoms with Crippen molar-refractivity contribution in [3.05, 3.63) is 151 Å². The van der Waals surface area contributed by atoms with Gasteiger partial charge in [-0.3, -0.25) is 14.5 Å². The SMILES string of the molecule is [2H]C([2H])([2H])c1cc(C)nc(-n2c3cc(Oc4cccc(-c5ccccn5)c4)ccc3c3ccc(Oc4cccc(-c5ccccn5)c4)cc32)n1. The normalized spacial score (nSPS) is 12.4. The molecule has 8 aromatic rings. The maximum atomic E-state index is 8.08. The maximum Gasteiger partial charge on any atom is 0.235 e. The lowest BCUT2D eigenvalue weighted by molar-refractivity contribution is 0.483. The molecule has 0 radical (unpaired) electrons. The summed E-state index contributed by atoms with van der Waals surface area (Å²) < 4.78 is 38.9. The Morgan fingerprint density at radius 1 is 0.532 bits per heavy atom. The van der Waals surface area contributed by atoms with Crippen LogP contribution in [0.2, 0.25) is 0 Å². The molecule has 8 rings (SSSR count). The van der Waals surface area contributed by atoms with E-state index in [-0.39, 0.29) is 11.6 Å². The van der Waals surface area contributed by atoms with E-state index in [2.05, 4.69) is 15.0 Å². The van der Waals surface area contributed by atoms with Crippen LogP contribution in [0.3, 0.4) is 0 Å². The quantitative estimate of drug-likeness (QED) is 0.178. The first-order chi connectivity index (χ1) is 24.3. The highest BCUT2D eigenvalue weighted by molar-refractivity contribution is 6.09. The second kappa shape index (κ2) is 11.9. The third kappa shape index (κ3) is 5.66. The van der Waals surface area contributed by atoms with E-state index in [0.717, 1.165) is 44.3 Å². The predicted octanol–water partition coefficient (Wildman–Crippen LogP) is 9.90. The lowest BCUT2D eigenvalue weighted by Gasteiger charge is -2.11. The molecular weight excluding hydrogens is 582 g/mol. The standard InChI is InChI=1S/C40H29N5O2/c1-26-21-27(2)44-40(43-26)45-38-24-32(46-30-11-7-9-28(22-30)36-13-3-5-19-41-36)15-17-34(38)35-18-16-33(25-39(35)45)47-31-12-8-10-29(23-31)37-14-4-6-20-42-37/h3-25H,1-2H3/i1D3. The zero-order chi connectivity index (χ0) is 34.2. The van der Waals surface area contributed by atoms with Crippen molar-refractivity contribution in [3.8, 4) is 51.5 Å². The van der Waals surface area contributed by atoms with Crippen molar-refractivity contribution >= 4 is 21.8 Å². The maximum absolute atomic E-state index is 8.08. The summed E-state index contributed by atoms with van der Waals surface area (Å²) in [6.07, 6.45) is 3.52. The monoisotopic (exact) mass is 614 g/mol. The molecule has 0 amide bonds. The number of hydrogen-bond acceptors (Lipinski definition) is 6. The van der Waals surface area contributed by atoms with Crippen LogP contribution in [0.25, 0.3) is 50.3 Å². The van der Waals surface area contributed by atoms with Crippen LogP contribution in [0.5, 0.6) is 23.0 Å². The summed E-state index contributed by atoms with van der Waals surface area (Å²) in [5.41, 5.74) is 5.54. The summed E-state index contributed by atoms with van der Waals surface area (Å²) in [4.78, 5) is 18.2. The van der Waals surface area contributed by atoms with Gasteiger partial charge in [0.2, 0.25) is 5.95 Å². The number of rotatable bonds is 7. The van der Waals surface area contributed by atoms with Gasteiger partial charge in [0.05, 0.1) is 22.4 Å². The summed E-state index contributed by atoms with van der Waals surface area (Å²) >= 11 is 0. The van der Waals surface area contributed by atoms with Crippen molar-refractivity contribution in [3.63, 3.8) is 0 Å². The fraction of sp³-hybridized carbons (Fsp3) is 0.0500. The van der Waals surface area contributed by atoms with Crippen LogP contribution < -0.4 is 9.47 Å². The predicted molar refractivity (Wildman–Crippen MR) is 185 cm³/mol. The van der Waals surface area contributed by atoms with Crippen LogP contribution in [0.1, 0.15) is 15.5 Å². The third-order valence-electron chi connectivity index (χ3n) is 7.81. The number of fused-ring (bicyclic) bond motifs is 3. The zero-order valence-corrected chi connectivity index (χ0v) is 25.3. The van der Waals surface area contributed by atoms with Gasteiger partial charge in [0, 0.05) is 61.9 Å². The van der Waals surface area contributed by atoms with E-state index >= 15 is 0 Å². The van der Waals surface area contributed by atoms with Crippen molar-refractivity contribution in [1.29, 1.82) is 0 Å². The Morgan fingerprint density at radius 2 is 1.06 bits per heavy atom. The number of benzene rings is 4. The molecule has 7 heteroatoms. The lowest BCUT2D eigenvalue weighted by atomic mass is 10.1. The molecule has 7 nitrogen and oxygen atoms in total. The molecular formula is C40H29N5O2. The largest absolute Gasteiger partial charge is 0.457 e. The Kier molecular flexibility index (Phi) is 6.29. The van der Waals surface area contributed by atoms with Crippen LogP contribution in [-0.4, -0.2) is 24.5 Å². The van der Waals surface area contributed by atoms with Gasteiger partial charge in [-0.1, -0.05) is 36.4 Å². The molecule has 0 unspecified atom stereocenters. The van der Waals surface area contributed by atoms with E-state index in [0.29, 0.717) is 28.7 Å². The van der Waals surface area contributed by atoms with Crippen LogP contribution >= 0.6 is 0 Å². The number of aryl methyl sites for hydroxylation is 2. The smallest absolute Gasteiger partial charge is 0.235 e. The Balaban J connectivity index is 1.24. The Hall–Kier alpha value is -6.34. The molecule has 0 saturated heterocycles. The zero-order valence-electron chi connectivity index (χ0n) is 28.3. The molecule has 0 aliphatic heterocycles. The lowest BCUT2D eigenvalue weighted by Crippen LogP contribution is -2.03. The molecule has 4 aromatic carbocycles. The second-order valence-electron chi connectivity index (χ2n) is 11.1. The van der Waals surface area contributed by atoms with Crippen molar-refractivity contribution in [2.45, 2.75) is 13.8 Å². The number of ether oxygens (including phenoxy) is 2. The van der Waals surface area contributed by atoms with E-state index in [1.807, 2.05) is 126 Å². The van der Waals surface area contributed by atoms with Gasteiger partial charge in [-0.05, 0) is 92.6 Å². The summed E-state index contributed by atoms with van der Waals surface area (Å²) in [6, 6.07) is 40.2. The molecule has 0 saturated carbocycles. The second-order valence-corrected chi connectivity index (χ2v) is 11.1. The molecule has 47 heavy (non-hydrogen) atoms. The fourth-order valence-electron chi connectivity index (χ4n) is 5.75. The minimum Gasteiger partial charge on any atom is -0.457 e. The summed E-state index contributed by atoms with van der Waals surface area (Å²) in [6.45, 7) is -0.651. The Bertz CT molecular complexity index is 2360. The molecule has 0 aliphatic carbocycles. The summed E-state index contributed by atoms with van der Waals surface area (Å²) in [7, 11) is 0. The molecule has 0 atom stereocenters. The minimum atomic E-state index is -2.42. The molecule has 4 heterocycles. The minimum absolute atomic E-state index is 0.0347. The van der Waals surface area contributed by atoms with Crippen LogP contribution in [0.4, 0.5) is 0 Å². The molecule has 226 valence electrons. The van der Waals surface area contributed by atoms with Crippen molar-refractivity contribution < 1.29 is 13.6 Å². The van der Waals surface area contributed by atoms with Gasteiger partial charge in [0.25, 0.3) is 0 Å². The highest BCUT2D eigenvalue weighted by Crippen LogP contribution is 2.38. The van der Waals surface area contributed by atoms with Gasteiger partial charge in [-0.15, -0.1) is 0 Å². The van der Waals surface area contributed by atoms with Crippen LogP contribution in [0, 0.1) is 13.8 Å². The van der Waals surface area contributed by atoms with Crippen molar-refractivity contribution in [2.75, 3.05) is 0 Å². The van der Waals surface area contributed by atoms with Gasteiger partial charge in [-0.25, -0.2) is 9.97 Å². The Labute approximate surface area is 276 Å². The summed E-state index contributed by atoms with van der Waals surface area (Å²) in [5, 5.41) is 1.83. The highest BCUT2D eigenvalue weighted by Gasteiger charge is 2.17. The summed E-state index contributed by atoms with van der Waals surface area (Å²) in [5.74, 6) is 2.71. The van der Waals surface area contributed by atoms with E-state index < -0.39 is 6.85 Å². The van der Waals surface area contributed by atoms with E-state index in [4.69, 9.17) is 18.6 Å². The molecule has 0 spiro atoms. The van der Waals surface area contributed by atoms with E-state index in [9.17, 15) is 0 Å². The average Bonchev–Trinajstić information content (AvgIpc) is 3.45. The van der Waals surface area contributed by atoms with Gasteiger partial charge >= 0.3 is 0 Å². The first-order valence-corrected chi connectivity index (χ1v) is 15.1. The third-order valence-corrected chi connectivity index (χ3v) is 7.81.